The molecule has 1 aromatic heterocycles. The van der Waals surface area contributed by atoms with E-state index in [9.17, 15) is 14.4 Å². The quantitative estimate of drug-likeness (QED) is 0.764. The van der Waals surface area contributed by atoms with Crippen LogP contribution in [0.25, 0.3) is 0 Å². The lowest BCUT2D eigenvalue weighted by Crippen LogP contribution is -2.30. The molecule has 1 saturated heterocycles. The van der Waals surface area contributed by atoms with Crippen LogP contribution in [-0.2, 0) is 14.3 Å². The third-order valence-corrected chi connectivity index (χ3v) is 3.27. The molecule has 1 aliphatic rings. The fourth-order valence-corrected chi connectivity index (χ4v) is 2.17. The van der Waals surface area contributed by atoms with E-state index in [0.717, 1.165) is 0 Å². The molecule has 20 heavy (non-hydrogen) atoms. The Morgan fingerprint density at radius 3 is 2.80 bits per heavy atom. The van der Waals surface area contributed by atoms with Crippen LogP contribution in [0, 0.1) is 5.92 Å². The Bertz CT molecular complexity index is 592. The number of esters is 1. The Morgan fingerprint density at radius 2 is 2.25 bits per heavy atom. The van der Waals surface area contributed by atoms with Crippen molar-refractivity contribution in [1.82, 2.24) is 9.97 Å². The number of hydrogen-bond donors (Lipinski definition) is 1. The fraction of sp³-hybridized carbons (Fsp3) is 0.364. The number of aromatic nitrogens is 2. The van der Waals surface area contributed by atoms with E-state index in [1.54, 1.807) is 0 Å². The molecule has 2 amide bonds. The minimum Gasteiger partial charge on any atom is -0.464 e. The van der Waals surface area contributed by atoms with Gasteiger partial charge in [0.25, 0.3) is 0 Å². The summed E-state index contributed by atoms with van der Waals surface area (Å²) in [6.07, 6.45) is 1.35. The monoisotopic (exact) mass is 342 g/mol. The van der Waals surface area contributed by atoms with E-state index in [4.69, 9.17) is 5.73 Å². The van der Waals surface area contributed by atoms with Gasteiger partial charge in [0.2, 0.25) is 11.8 Å². The van der Waals surface area contributed by atoms with Crippen molar-refractivity contribution in [1.29, 1.82) is 0 Å². The number of nitrogens with two attached hydrogens (primary N) is 1. The highest BCUT2D eigenvalue weighted by Crippen LogP contribution is 2.26. The molecule has 2 N–H and O–H groups in total. The zero-order valence-corrected chi connectivity index (χ0v) is 12.1. The predicted octanol–water partition coefficient (Wildman–Crippen LogP) is -0.136. The van der Waals surface area contributed by atoms with Crippen LogP contribution in [0.5, 0.6) is 0 Å². The number of anilines is 1. The molecule has 9 heteroatoms. The molecule has 1 atom stereocenters. The minimum absolute atomic E-state index is 0.00626. The van der Waals surface area contributed by atoms with E-state index in [2.05, 4.69) is 30.6 Å². The first-order chi connectivity index (χ1) is 9.43. The molecule has 1 unspecified atom stereocenters. The summed E-state index contributed by atoms with van der Waals surface area (Å²) in [7, 11) is 1.20. The molecular formula is C11H11BrN4O4. The van der Waals surface area contributed by atoms with Crippen molar-refractivity contribution in [3.8, 4) is 0 Å². The molecule has 0 saturated carbocycles. The number of methoxy groups -OCH3 is 1. The van der Waals surface area contributed by atoms with Gasteiger partial charge >= 0.3 is 5.97 Å². The molecule has 0 radical (unpaired) electrons. The SMILES string of the molecule is COC(=O)c1nc(Br)cnc1N1CC(C(N)=O)CC1=O. The summed E-state index contributed by atoms with van der Waals surface area (Å²) in [6, 6.07) is 0. The van der Waals surface area contributed by atoms with Gasteiger partial charge in [-0.3, -0.25) is 14.5 Å². The van der Waals surface area contributed by atoms with Crippen LogP contribution in [0.2, 0.25) is 0 Å². The number of carbonyl (C=O) groups excluding carboxylic acids is 3. The predicted molar refractivity (Wildman–Crippen MR) is 70.7 cm³/mol. The summed E-state index contributed by atoms with van der Waals surface area (Å²) in [5, 5.41) is 0. The number of amides is 2. The molecule has 0 aromatic carbocycles. The van der Waals surface area contributed by atoms with Gasteiger partial charge < -0.3 is 10.5 Å². The Kier molecular flexibility index (Phi) is 3.98. The van der Waals surface area contributed by atoms with Crippen molar-refractivity contribution in [2.75, 3.05) is 18.6 Å². The van der Waals surface area contributed by atoms with Gasteiger partial charge in [0.05, 0.1) is 19.2 Å². The summed E-state index contributed by atoms with van der Waals surface area (Å²) in [5.41, 5.74) is 5.10. The zero-order valence-electron chi connectivity index (χ0n) is 10.5. The minimum atomic E-state index is -0.718. The lowest BCUT2D eigenvalue weighted by atomic mass is 10.1. The maximum absolute atomic E-state index is 11.9. The van der Waals surface area contributed by atoms with Gasteiger partial charge in [0.15, 0.2) is 11.5 Å². The zero-order chi connectivity index (χ0) is 14.9. The molecule has 106 valence electrons. The molecule has 0 aliphatic carbocycles. The van der Waals surface area contributed by atoms with Crippen LogP contribution in [0.3, 0.4) is 0 Å². The van der Waals surface area contributed by atoms with Crippen molar-refractivity contribution in [3.63, 3.8) is 0 Å². The second-order valence-electron chi connectivity index (χ2n) is 4.16. The Morgan fingerprint density at radius 1 is 1.55 bits per heavy atom. The number of halogens is 1. The topological polar surface area (TPSA) is 115 Å². The Balaban J connectivity index is 2.40. The summed E-state index contributed by atoms with van der Waals surface area (Å²) in [4.78, 5) is 44.0. The highest BCUT2D eigenvalue weighted by atomic mass is 79.9. The molecule has 8 nitrogen and oxygen atoms in total. The van der Waals surface area contributed by atoms with Crippen LogP contribution < -0.4 is 10.6 Å². The van der Waals surface area contributed by atoms with E-state index in [0.29, 0.717) is 4.60 Å². The normalized spacial score (nSPS) is 18.2. The smallest absolute Gasteiger partial charge is 0.360 e. The number of rotatable bonds is 3. The molecule has 0 bridgehead atoms. The van der Waals surface area contributed by atoms with Gasteiger partial charge in [-0.05, 0) is 15.9 Å². The van der Waals surface area contributed by atoms with E-state index in [1.807, 2.05) is 0 Å². The summed E-state index contributed by atoms with van der Waals surface area (Å²) < 4.78 is 4.94. The maximum Gasteiger partial charge on any atom is 0.360 e. The average Bonchev–Trinajstić information content (AvgIpc) is 2.80. The second-order valence-corrected chi connectivity index (χ2v) is 4.98. The van der Waals surface area contributed by atoms with Gasteiger partial charge in [-0.25, -0.2) is 14.8 Å². The van der Waals surface area contributed by atoms with Crippen molar-refractivity contribution < 1.29 is 19.1 Å². The van der Waals surface area contributed by atoms with Gasteiger partial charge in [-0.15, -0.1) is 0 Å². The highest BCUT2D eigenvalue weighted by molar-refractivity contribution is 9.10. The number of primary amides is 1. The van der Waals surface area contributed by atoms with Gasteiger partial charge in [-0.1, -0.05) is 0 Å². The van der Waals surface area contributed by atoms with Gasteiger partial charge in [-0.2, -0.15) is 0 Å². The van der Waals surface area contributed by atoms with Crippen LogP contribution in [0.1, 0.15) is 16.9 Å². The summed E-state index contributed by atoms with van der Waals surface area (Å²) in [6.45, 7) is 0.0779. The van der Waals surface area contributed by atoms with Gasteiger partial charge in [0, 0.05) is 13.0 Å². The van der Waals surface area contributed by atoms with Crippen molar-refractivity contribution >= 4 is 39.5 Å². The number of hydrogen-bond acceptors (Lipinski definition) is 6. The lowest BCUT2D eigenvalue weighted by molar-refractivity contribution is -0.123. The number of carbonyl (C=O) groups is 3. The summed E-state index contributed by atoms with van der Waals surface area (Å²) in [5.74, 6) is -2.16. The van der Waals surface area contributed by atoms with E-state index < -0.39 is 17.8 Å². The van der Waals surface area contributed by atoms with E-state index >= 15 is 0 Å². The molecule has 2 rings (SSSR count). The van der Waals surface area contributed by atoms with E-state index in [-0.39, 0.29) is 30.4 Å². The second kappa shape index (κ2) is 5.53. The first-order valence-electron chi connectivity index (χ1n) is 5.64. The fourth-order valence-electron chi connectivity index (χ4n) is 1.90. The van der Waals surface area contributed by atoms with E-state index in [1.165, 1.54) is 18.2 Å². The Labute approximate surface area is 122 Å². The van der Waals surface area contributed by atoms with Crippen molar-refractivity contribution in [3.05, 3.63) is 16.5 Å². The third kappa shape index (κ3) is 2.62. The lowest BCUT2D eigenvalue weighted by Gasteiger charge is -2.17. The average molecular weight is 343 g/mol. The molecular weight excluding hydrogens is 332 g/mol. The Hall–Kier alpha value is -2.03. The highest BCUT2D eigenvalue weighted by Gasteiger charge is 2.37. The van der Waals surface area contributed by atoms with Crippen LogP contribution in [0.15, 0.2) is 10.8 Å². The molecule has 1 fully saturated rings. The molecule has 2 heterocycles. The molecule has 1 aromatic rings. The first-order valence-corrected chi connectivity index (χ1v) is 6.44. The third-order valence-electron chi connectivity index (χ3n) is 2.89. The maximum atomic E-state index is 11.9. The standard InChI is InChI=1S/C11H11BrN4O4/c1-20-11(19)8-10(14-3-6(12)15-8)16-4-5(9(13)18)2-7(16)17/h3,5H,2,4H2,1H3,(H2,13,18). The van der Waals surface area contributed by atoms with Crippen molar-refractivity contribution in [2.24, 2.45) is 11.7 Å². The summed E-state index contributed by atoms with van der Waals surface area (Å²) >= 11 is 3.09. The largest absolute Gasteiger partial charge is 0.464 e. The number of nitrogens with zero attached hydrogens (tertiary/aromatic N) is 3. The molecule has 1 aliphatic heterocycles. The van der Waals surface area contributed by atoms with Crippen LogP contribution in [-0.4, -0.2) is 41.4 Å². The number of ether oxygens (including phenoxy) is 1. The molecule has 0 spiro atoms. The van der Waals surface area contributed by atoms with Gasteiger partial charge in [0.1, 0.15) is 4.60 Å². The van der Waals surface area contributed by atoms with Crippen LogP contribution >= 0.6 is 15.9 Å². The van der Waals surface area contributed by atoms with Crippen LogP contribution in [0.4, 0.5) is 5.82 Å². The first kappa shape index (κ1) is 14.4. The van der Waals surface area contributed by atoms with Crippen molar-refractivity contribution in [2.45, 2.75) is 6.42 Å².